The Bertz CT molecular complexity index is 1140. The predicted octanol–water partition coefficient (Wildman–Crippen LogP) is 5.64. The molecule has 0 spiro atoms. The molecule has 2 heterocycles. The molecule has 0 bridgehead atoms. The third kappa shape index (κ3) is 4.02. The van der Waals surface area contributed by atoms with Crippen LogP contribution in [0, 0.1) is 0 Å². The van der Waals surface area contributed by atoms with Crippen molar-refractivity contribution in [3.05, 3.63) is 89.4 Å². The monoisotopic (exact) mass is 414 g/mol. The Labute approximate surface area is 181 Å². The van der Waals surface area contributed by atoms with Crippen LogP contribution in [-0.4, -0.2) is 34.2 Å². The number of hydrogen-bond donors (Lipinski definition) is 1. The third-order valence-corrected chi connectivity index (χ3v) is 5.92. The molecule has 1 aliphatic heterocycles. The van der Waals surface area contributed by atoms with Crippen LogP contribution in [0.1, 0.15) is 12.0 Å². The molecule has 5 heteroatoms. The Morgan fingerprint density at radius 1 is 0.867 bits per heavy atom. The molecule has 1 fully saturated rings. The zero-order valence-corrected chi connectivity index (χ0v) is 17.4. The third-order valence-electron chi connectivity index (χ3n) is 5.67. The average Bonchev–Trinajstić information content (AvgIpc) is 3.22. The van der Waals surface area contributed by atoms with E-state index in [2.05, 4.69) is 68.9 Å². The summed E-state index contributed by atoms with van der Waals surface area (Å²) in [7, 11) is 0. The highest BCUT2D eigenvalue weighted by Gasteiger charge is 2.23. The number of anilines is 1. The van der Waals surface area contributed by atoms with Crippen molar-refractivity contribution in [1.82, 2.24) is 15.1 Å². The van der Waals surface area contributed by atoms with Gasteiger partial charge in [-0.05, 0) is 24.1 Å². The number of benzene rings is 3. The molecule has 150 valence electrons. The number of nitrogens with one attached hydrogen (secondary N) is 1. The van der Waals surface area contributed by atoms with Gasteiger partial charge in [0.1, 0.15) is 5.69 Å². The van der Waals surface area contributed by atoms with E-state index in [4.69, 9.17) is 11.6 Å². The minimum atomic E-state index is 0.368. The first-order valence-electron chi connectivity index (χ1n) is 10.3. The summed E-state index contributed by atoms with van der Waals surface area (Å²) in [5.74, 6) is 0.856. The fraction of sp³-hybridized carbons (Fsp3) is 0.200. The van der Waals surface area contributed by atoms with Crippen LogP contribution in [0.3, 0.4) is 0 Å². The van der Waals surface area contributed by atoms with E-state index in [1.807, 2.05) is 30.3 Å². The number of fused-ring (bicyclic) bond motifs is 1. The van der Waals surface area contributed by atoms with E-state index < -0.39 is 0 Å². The van der Waals surface area contributed by atoms with Gasteiger partial charge < -0.3 is 5.32 Å². The van der Waals surface area contributed by atoms with E-state index in [0.29, 0.717) is 6.04 Å². The molecule has 1 aliphatic rings. The normalized spacial score (nSPS) is 16.8. The van der Waals surface area contributed by atoms with E-state index in [9.17, 15) is 0 Å². The summed E-state index contributed by atoms with van der Waals surface area (Å²) in [5, 5.41) is 15.7. The van der Waals surface area contributed by atoms with Gasteiger partial charge in [0, 0.05) is 47.0 Å². The zero-order valence-electron chi connectivity index (χ0n) is 16.6. The standard InChI is InChI=1S/C25H23ClN4/c26-20-12-10-19(11-13-20)24-22-8-4-5-9-23(22)25(29-28-24)27-21-14-15-30(17-21)16-18-6-2-1-3-7-18/h1-13,21H,14-17H2,(H,27,29). The van der Waals surface area contributed by atoms with E-state index in [1.165, 1.54) is 5.56 Å². The fourth-order valence-electron chi connectivity index (χ4n) is 4.16. The summed E-state index contributed by atoms with van der Waals surface area (Å²) in [6, 6.07) is 27.1. The lowest BCUT2D eigenvalue weighted by atomic mass is 10.0. The number of halogens is 1. The van der Waals surface area contributed by atoms with Crippen molar-refractivity contribution in [2.75, 3.05) is 18.4 Å². The maximum absolute atomic E-state index is 6.05. The molecule has 30 heavy (non-hydrogen) atoms. The quantitative estimate of drug-likeness (QED) is 0.459. The number of hydrogen-bond acceptors (Lipinski definition) is 4. The molecule has 1 atom stereocenters. The van der Waals surface area contributed by atoms with Gasteiger partial charge in [-0.1, -0.05) is 78.3 Å². The Morgan fingerprint density at radius 2 is 1.60 bits per heavy atom. The molecule has 0 aliphatic carbocycles. The van der Waals surface area contributed by atoms with Gasteiger partial charge in [-0.2, -0.15) is 0 Å². The molecular weight excluding hydrogens is 392 g/mol. The Kier molecular flexibility index (Phi) is 5.35. The summed E-state index contributed by atoms with van der Waals surface area (Å²) >= 11 is 6.05. The largest absolute Gasteiger partial charge is 0.364 e. The summed E-state index contributed by atoms with van der Waals surface area (Å²) in [4.78, 5) is 2.49. The van der Waals surface area contributed by atoms with Gasteiger partial charge in [-0.3, -0.25) is 4.90 Å². The van der Waals surface area contributed by atoms with Gasteiger partial charge in [0.2, 0.25) is 0 Å². The van der Waals surface area contributed by atoms with Crippen molar-refractivity contribution < 1.29 is 0 Å². The van der Waals surface area contributed by atoms with Crippen LogP contribution in [0.15, 0.2) is 78.9 Å². The molecule has 4 aromatic rings. The van der Waals surface area contributed by atoms with Crippen molar-refractivity contribution in [1.29, 1.82) is 0 Å². The number of likely N-dealkylation sites (tertiary alicyclic amines) is 1. The summed E-state index contributed by atoms with van der Waals surface area (Å²) in [6.07, 6.45) is 1.10. The minimum Gasteiger partial charge on any atom is -0.364 e. The number of nitrogens with zero attached hydrogens (tertiary/aromatic N) is 3. The zero-order chi connectivity index (χ0) is 20.3. The maximum Gasteiger partial charge on any atom is 0.156 e. The summed E-state index contributed by atoms with van der Waals surface area (Å²) < 4.78 is 0. The average molecular weight is 415 g/mol. The van der Waals surface area contributed by atoms with Gasteiger partial charge in [0.15, 0.2) is 5.82 Å². The highest BCUT2D eigenvalue weighted by atomic mass is 35.5. The molecule has 3 aromatic carbocycles. The van der Waals surface area contributed by atoms with Gasteiger partial charge in [0.25, 0.3) is 0 Å². The lowest BCUT2D eigenvalue weighted by Crippen LogP contribution is -2.26. The van der Waals surface area contributed by atoms with E-state index in [-0.39, 0.29) is 0 Å². The molecule has 1 unspecified atom stereocenters. The first-order chi connectivity index (χ1) is 14.8. The highest BCUT2D eigenvalue weighted by molar-refractivity contribution is 6.30. The van der Waals surface area contributed by atoms with Crippen LogP contribution in [0.2, 0.25) is 5.02 Å². The lowest BCUT2D eigenvalue weighted by molar-refractivity contribution is 0.328. The number of rotatable bonds is 5. The van der Waals surface area contributed by atoms with Crippen molar-refractivity contribution in [3.63, 3.8) is 0 Å². The maximum atomic E-state index is 6.05. The van der Waals surface area contributed by atoms with Crippen molar-refractivity contribution in [3.8, 4) is 11.3 Å². The first kappa shape index (κ1) is 19.0. The Balaban J connectivity index is 1.37. The van der Waals surface area contributed by atoms with Crippen molar-refractivity contribution in [2.24, 2.45) is 0 Å². The van der Waals surface area contributed by atoms with Crippen molar-refractivity contribution >= 4 is 28.2 Å². The van der Waals surface area contributed by atoms with E-state index >= 15 is 0 Å². The molecule has 5 rings (SSSR count). The molecule has 0 amide bonds. The van der Waals surface area contributed by atoms with E-state index in [0.717, 1.165) is 58.9 Å². The smallest absolute Gasteiger partial charge is 0.156 e. The van der Waals surface area contributed by atoms with Crippen LogP contribution in [0.4, 0.5) is 5.82 Å². The summed E-state index contributed by atoms with van der Waals surface area (Å²) in [6.45, 7) is 3.07. The second-order valence-electron chi connectivity index (χ2n) is 7.80. The second kappa shape index (κ2) is 8.42. The van der Waals surface area contributed by atoms with Crippen LogP contribution >= 0.6 is 11.6 Å². The molecule has 1 N–H and O–H groups in total. The van der Waals surface area contributed by atoms with Crippen LogP contribution in [0.25, 0.3) is 22.0 Å². The lowest BCUT2D eigenvalue weighted by Gasteiger charge is -2.18. The van der Waals surface area contributed by atoms with Crippen LogP contribution in [0.5, 0.6) is 0 Å². The van der Waals surface area contributed by atoms with Crippen molar-refractivity contribution in [2.45, 2.75) is 19.0 Å². The highest BCUT2D eigenvalue weighted by Crippen LogP contribution is 2.31. The molecule has 1 saturated heterocycles. The topological polar surface area (TPSA) is 41.1 Å². The van der Waals surface area contributed by atoms with Gasteiger partial charge in [0.05, 0.1) is 0 Å². The summed E-state index contributed by atoms with van der Waals surface area (Å²) in [5.41, 5.74) is 3.25. The van der Waals surface area contributed by atoms with Gasteiger partial charge in [-0.15, -0.1) is 10.2 Å². The number of aromatic nitrogens is 2. The van der Waals surface area contributed by atoms with Gasteiger partial charge in [-0.25, -0.2) is 0 Å². The molecule has 1 aromatic heterocycles. The first-order valence-corrected chi connectivity index (χ1v) is 10.7. The van der Waals surface area contributed by atoms with Crippen LogP contribution < -0.4 is 5.32 Å². The molecule has 0 saturated carbocycles. The Morgan fingerprint density at radius 3 is 2.40 bits per heavy atom. The minimum absolute atomic E-state index is 0.368. The van der Waals surface area contributed by atoms with Gasteiger partial charge >= 0.3 is 0 Å². The molecule has 4 nitrogen and oxygen atoms in total. The second-order valence-corrected chi connectivity index (χ2v) is 8.24. The van der Waals surface area contributed by atoms with E-state index in [1.54, 1.807) is 0 Å². The predicted molar refractivity (Wildman–Crippen MR) is 124 cm³/mol. The molecular formula is C25H23ClN4. The van der Waals surface area contributed by atoms with Crippen LogP contribution in [-0.2, 0) is 6.54 Å². The molecule has 0 radical (unpaired) electrons. The SMILES string of the molecule is Clc1ccc(-c2nnc(NC3CCN(Cc4ccccc4)C3)c3ccccc23)cc1. The fourth-order valence-corrected chi connectivity index (χ4v) is 4.29. The Hall–Kier alpha value is -2.95.